The highest BCUT2D eigenvalue weighted by Gasteiger charge is 2.29. The number of rotatable bonds is 5. The van der Waals surface area contributed by atoms with Gasteiger partial charge in [0.25, 0.3) is 0 Å². The van der Waals surface area contributed by atoms with Gasteiger partial charge in [0.15, 0.2) is 0 Å². The minimum Gasteiger partial charge on any atom is -0.460 e. The Labute approximate surface area is 145 Å². The fourth-order valence-electron chi connectivity index (χ4n) is 3.68. The zero-order chi connectivity index (χ0) is 17.2. The summed E-state index contributed by atoms with van der Waals surface area (Å²) in [5.41, 5.74) is 1.25. The van der Waals surface area contributed by atoms with E-state index in [1.165, 1.54) is 5.39 Å². The molecular formula is C20H30N2O2. The predicted octanol–water partition coefficient (Wildman–Crippen LogP) is 3.35. The molecule has 0 radical (unpaired) electrons. The van der Waals surface area contributed by atoms with Gasteiger partial charge < -0.3 is 9.52 Å². The quantitative estimate of drug-likeness (QED) is 0.913. The fraction of sp³-hybridized carbons (Fsp3) is 0.600. The number of hydrogen-bond donors (Lipinski definition) is 1. The van der Waals surface area contributed by atoms with Gasteiger partial charge in [0.1, 0.15) is 11.3 Å². The van der Waals surface area contributed by atoms with Crippen molar-refractivity contribution in [3.05, 3.63) is 36.1 Å². The third kappa shape index (κ3) is 4.38. The molecule has 3 rings (SSSR count). The highest BCUT2D eigenvalue weighted by atomic mass is 16.3. The number of piperazine rings is 1. The van der Waals surface area contributed by atoms with Crippen molar-refractivity contribution in [2.45, 2.75) is 39.8 Å². The molecule has 0 bridgehead atoms. The molecule has 1 saturated heterocycles. The third-order valence-corrected chi connectivity index (χ3v) is 4.68. The van der Waals surface area contributed by atoms with Crippen molar-refractivity contribution < 1.29 is 9.52 Å². The van der Waals surface area contributed by atoms with E-state index in [0.717, 1.165) is 50.5 Å². The second-order valence-corrected chi connectivity index (χ2v) is 8.18. The molecule has 0 saturated carbocycles. The number of hydrogen-bond acceptors (Lipinski definition) is 4. The van der Waals surface area contributed by atoms with E-state index < -0.39 is 0 Å². The summed E-state index contributed by atoms with van der Waals surface area (Å²) in [7, 11) is 0. The first-order chi connectivity index (χ1) is 11.4. The normalized spacial score (nSPS) is 20.8. The lowest BCUT2D eigenvalue weighted by Gasteiger charge is -2.43. The SMILES string of the molecule is CC(C)(C)CN1CCN(Cc2cc3ccccc3o2)CC1CCO. The zero-order valence-electron chi connectivity index (χ0n) is 15.2. The molecule has 1 aliphatic heterocycles. The van der Waals surface area contributed by atoms with Crippen LogP contribution in [0.2, 0.25) is 0 Å². The van der Waals surface area contributed by atoms with Gasteiger partial charge in [-0.2, -0.15) is 0 Å². The Kier molecular flexibility index (Phi) is 5.28. The standard InChI is InChI=1S/C20H30N2O2/c1-20(2,3)15-22-10-9-21(13-17(22)8-11-23)14-18-12-16-6-4-5-7-19(16)24-18/h4-7,12,17,23H,8-11,13-15H2,1-3H3. The molecule has 132 valence electrons. The largest absolute Gasteiger partial charge is 0.460 e. The van der Waals surface area contributed by atoms with E-state index in [1.807, 2.05) is 18.2 Å². The van der Waals surface area contributed by atoms with Gasteiger partial charge in [-0.3, -0.25) is 9.80 Å². The van der Waals surface area contributed by atoms with Crippen LogP contribution in [0.15, 0.2) is 34.7 Å². The van der Waals surface area contributed by atoms with E-state index in [-0.39, 0.29) is 12.0 Å². The molecule has 1 aromatic heterocycles. The van der Waals surface area contributed by atoms with Crippen LogP contribution in [0.1, 0.15) is 33.0 Å². The Hall–Kier alpha value is -1.36. The highest BCUT2D eigenvalue weighted by molar-refractivity contribution is 5.77. The van der Waals surface area contributed by atoms with Crippen molar-refractivity contribution >= 4 is 11.0 Å². The number of benzene rings is 1. The fourth-order valence-corrected chi connectivity index (χ4v) is 3.68. The molecule has 0 aliphatic carbocycles. The summed E-state index contributed by atoms with van der Waals surface area (Å²) >= 11 is 0. The van der Waals surface area contributed by atoms with Crippen molar-refractivity contribution in [2.24, 2.45) is 5.41 Å². The summed E-state index contributed by atoms with van der Waals surface area (Å²) in [5, 5.41) is 10.6. The van der Waals surface area contributed by atoms with E-state index in [2.05, 4.69) is 42.7 Å². The summed E-state index contributed by atoms with van der Waals surface area (Å²) in [4.78, 5) is 5.00. The molecule has 24 heavy (non-hydrogen) atoms. The van der Waals surface area contributed by atoms with Crippen LogP contribution in [-0.4, -0.2) is 53.7 Å². The Morgan fingerprint density at radius 3 is 2.71 bits per heavy atom. The molecular weight excluding hydrogens is 300 g/mol. The van der Waals surface area contributed by atoms with Crippen LogP contribution >= 0.6 is 0 Å². The monoisotopic (exact) mass is 330 g/mol. The molecule has 1 atom stereocenters. The maximum atomic E-state index is 9.44. The van der Waals surface area contributed by atoms with Crippen LogP contribution in [-0.2, 0) is 6.54 Å². The molecule has 0 amide bonds. The molecule has 4 heteroatoms. The van der Waals surface area contributed by atoms with Gasteiger partial charge in [-0.1, -0.05) is 39.0 Å². The molecule has 1 aromatic carbocycles. The lowest BCUT2D eigenvalue weighted by molar-refractivity contribution is 0.0316. The molecule has 1 unspecified atom stereocenters. The van der Waals surface area contributed by atoms with E-state index in [1.54, 1.807) is 0 Å². The molecule has 4 nitrogen and oxygen atoms in total. The Morgan fingerprint density at radius 2 is 2.00 bits per heavy atom. The van der Waals surface area contributed by atoms with Gasteiger partial charge in [-0.25, -0.2) is 0 Å². The van der Waals surface area contributed by atoms with Gasteiger partial charge in [0, 0.05) is 44.2 Å². The average Bonchev–Trinajstić information content (AvgIpc) is 2.91. The molecule has 1 fully saturated rings. The first kappa shape index (κ1) is 17.5. The van der Waals surface area contributed by atoms with Crippen molar-refractivity contribution in [1.82, 2.24) is 9.80 Å². The smallest absolute Gasteiger partial charge is 0.134 e. The Morgan fingerprint density at radius 1 is 1.21 bits per heavy atom. The molecule has 2 aromatic rings. The van der Waals surface area contributed by atoms with Gasteiger partial charge in [0.2, 0.25) is 0 Å². The minimum absolute atomic E-state index is 0.254. The van der Waals surface area contributed by atoms with Gasteiger partial charge in [-0.15, -0.1) is 0 Å². The zero-order valence-corrected chi connectivity index (χ0v) is 15.2. The second kappa shape index (κ2) is 7.26. The van der Waals surface area contributed by atoms with Crippen LogP contribution < -0.4 is 0 Å². The van der Waals surface area contributed by atoms with Gasteiger partial charge in [-0.05, 0) is 24.0 Å². The van der Waals surface area contributed by atoms with E-state index in [9.17, 15) is 5.11 Å². The van der Waals surface area contributed by atoms with Crippen LogP contribution in [0.3, 0.4) is 0 Å². The Balaban J connectivity index is 1.65. The first-order valence-electron chi connectivity index (χ1n) is 8.99. The molecule has 1 aliphatic rings. The maximum Gasteiger partial charge on any atom is 0.134 e. The average molecular weight is 330 g/mol. The van der Waals surface area contributed by atoms with Crippen LogP contribution in [0.5, 0.6) is 0 Å². The summed E-state index contributed by atoms with van der Waals surface area (Å²) in [5.74, 6) is 1.03. The number of nitrogens with zero attached hydrogens (tertiary/aromatic N) is 2. The summed E-state index contributed by atoms with van der Waals surface area (Å²) in [6.07, 6.45) is 0.840. The van der Waals surface area contributed by atoms with Crippen molar-refractivity contribution in [1.29, 1.82) is 0 Å². The number of fused-ring (bicyclic) bond motifs is 1. The number of aliphatic hydroxyl groups excluding tert-OH is 1. The van der Waals surface area contributed by atoms with Crippen LogP contribution in [0.25, 0.3) is 11.0 Å². The predicted molar refractivity (Wildman–Crippen MR) is 98.0 cm³/mol. The topological polar surface area (TPSA) is 39.9 Å². The number of furan rings is 1. The van der Waals surface area contributed by atoms with Crippen molar-refractivity contribution in [2.75, 3.05) is 32.8 Å². The van der Waals surface area contributed by atoms with Crippen molar-refractivity contribution in [3.63, 3.8) is 0 Å². The number of para-hydroxylation sites is 1. The second-order valence-electron chi connectivity index (χ2n) is 8.18. The lowest BCUT2D eigenvalue weighted by Crippen LogP contribution is -2.54. The maximum absolute atomic E-state index is 9.44. The van der Waals surface area contributed by atoms with E-state index in [0.29, 0.717) is 6.04 Å². The lowest BCUT2D eigenvalue weighted by atomic mass is 9.94. The van der Waals surface area contributed by atoms with E-state index >= 15 is 0 Å². The molecule has 0 spiro atoms. The summed E-state index contributed by atoms with van der Waals surface area (Å²) in [6, 6.07) is 10.7. The summed E-state index contributed by atoms with van der Waals surface area (Å²) in [6.45, 7) is 12.1. The highest BCUT2D eigenvalue weighted by Crippen LogP contribution is 2.24. The Bertz CT molecular complexity index is 626. The third-order valence-electron chi connectivity index (χ3n) is 4.68. The van der Waals surface area contributed by atoms with E-state index in [4.69, 9.17) is 4.42 Å². The first-order valence-corrected chi connectivity index (χ1v) is 8.99. The van der Waals surface area contributed by atoms with Crippen LogP contribution in [0.4, 0.5) is 0 Å². The molecule has 1 N–H and O–H groups in total. The molecule has 2 heterocycles. The number of aliphatic hydroxyl groups is 1. The van der Waals surface area contributed by atoms with Gasteiger partial charge >= 0.3 is 0 Å². The van der Waals surface area contributed by atoms with Crippen LogP contribution in [0, 0.1) is 5.41 Å². The van der Waals surface area contributed by atoms with Gasteiger partial charge in [0.05, 0.1) is 6.54 Å². The van der Waals surface area contributed by atoms with Crippen molar-refractivity contribution in [3.8, 4) is 0 Å². The minimum atomic E-state index is 0.254. The summed E-state index contributed by atoms with van der Waals surface area (Å²) < 4.78 is 5.97.